The molecule has 1 aliphatic heterocycles. The summed E-state index contributed by atoms with van der Waals surface area (Å²) in [5, 5.41) is 13.2. The maximum Gasteiger partial charge on any atom is 0.412 e. The summed E-state index contributed by atoms with van der Waals surface area (Å²) in [4.78, 5) is 41.2. The molecule has 1 atom stereocenters. The van der Waals surface area contributed by atoms with Crippen LogP contribution in [-0.4, -0.2) is 65.0 Å². The minimum Gasteiger partial charge on any atom is -0.487 e. The second-order valence-electron chi connectivity index (χ2n) is 13.8. The Morgan fingerprint density at radius 3 is 2.24 bits per heavy atom. The van der Waals surface area contributed by atoms with Gasteiger partial charge in [0.2, 0.25) is 0 Å². The van der Waals surface area contributed by atoms with Crippen LogP contribution in [0.4, 0.5) is 25.4 Å². The maximum atomic E-state index is 16.4. The van der Waals surface area contributed by atoms with Crippen LogP contribution in [0.1, 0.15) is 78.4 Å². The van der Waals surface area contributed by atoms with Crippen LogP contribution in [0.5, 0.6) is 5.75 Å². The van der Waals surface area contributed by atoms with Crippen LogP contribution in [0.15, 0.2) is 36.4 Å². The van der Waals surface area contributed by atoms with Gasteiger partial charge >= 0.3 is 18.2 Å². The normalized spacial score (nSPS) is 16.7. The molecule has 2 amide bonds. The third-order valence-corrected chi connectivity index (χ3v) is 7.68. The summed E-state index contributed by atoms with van der Waals surface area (Å²) in [6.45, 7) is 10.8. The van der Waals surface area contributed by atoms with E-state index in [-0.39, 0.29) is 54.7 Å². The van der Waals surface area contributed by atoms with E-state index in [0.717, 1.165) is 36.1 Å². The van der Waals surface area contributed by atoms with Gasteiger partial charge in [0.25, 0.3) is 0 Å². The first-order chi connectivity index (χ1) is 21.1. The van der Waals surface area contributed by atoms with Crippen molar-refractivity contribution in [3.05, 3.63) is 53.3 Å². The molecule has 0 radical (unpaired) electrons. The maximum absolute atomic E-state index is 16.4. The van der Waals surface area contributed by atoms with E-state index in [1.807, 2.05) is 30.3 Å². The fourth-order valence-electron chi connectivity index (χ4n) is 5.85. The summed E-state index contributed by atoms with van der Waals surface area (Å²) in [7, 11) is 0. The topological polar surface area (TPSA) is 118 Å². The smallest absolute Gasteiger partial charge is 0.412 e. The van der Waals surface area contributed by atoms with Crippen molar-refractivity contribution in [2.24, 2.45) is 5.92 Å². The van der Waals surface area contributed by atoms with Gasteiger partial charge < -0.3 is 29.5 Å². The van der Waals surface area contributed by atoms with Crippen LogP contribution in [0.3, 0.4) is 0 Å². The number of nitrogens with one attached hydrogen (secondary N) is 1. The molecule has 0 spiro atoms. The van der Waals surface area contributed by atoms with Gasteiger partial charge in [0.1, 0.15) is 35.8 Å². The van der Waals surface area contributed by atoms with Crippen LogP contribution >= 0.6 is 0 Å². The summed E-state index contributed by atoms with van der Waals surface area (Å²) in [5.74, 6) is -0.952. The van der Waals surface area contributed by atoms with Crippen molar-refractivity contribution in [1.29, 1.82) is 0 Å². The number of carboxylic acid groups (broad SMARTS) is 1. The summed E-state index contributed by atoms with van der Waals surface area (Å²) in [6.07, 6.45) is 2.36. The number of rotatable bonds is 10. The molecular weight excluding hydrogens is 581 g/mol. The number of nitrogens with zero attached hydrogens (tertiary/aromatic N) is 2. The van der Waals surface area contributed by atoms with E-state index < -0.39 is 41.2 Å². The summed E-state index contributed by atoms with van der Waals surface area (Å²) in [6, 6.07) is 10.0. The number of anilines is 2. The quantitative estimate of drug-likeness (QED) is 0.271. The molecule has 1 saturated carbocycles. The molecule has 0 saturated heterocycles. The van der Waals surface area contributed by atoms with Gasteiger partial charge in [-0.15, -0.1) is 0 Å². The van der Waals surface area contributed by atoms with Crippen molar-refractivity contribution in [2.45, 2.75) is 97.5 Å². The molecule has 2 N–H and O–H groups in total. The number of carbonyl (C=O) groups excluding carboxylic acids is 2. The highest BCUT2D eigenvalue weighted by molar-refractivity contribution is 5.92. The van der Waals surface area contributed by atoms with Crippen molar-refractivity contribution in [3.63, 3.8) is 0 Å². The van der Waals surface area contributed by atoms with Crippen LogP contribution in [0.25, 0.3) is 0 Å². The molecular formula is C34H46FN3O7. The van der Waals surface area contributed by atoms with E-state index in [0.29, 0.717) is 6.54 Å². The van der Waals surface area contributed by atoms with Gasteiger partial charge in [0.05, 0.1) is 11.7 Å². The average molecular weight is 628 g/mol. The largest absolute Gasteiger partial charge is 0.487 e. The number of carbonyl (C=O) groups is 3. The molecule has 45 heavy (non-hydrogen) atoms. The zero-order valence-corrected chi connectivity index (χ0v) is 27.2. The van der Waals surface area contributed by atoms with Crippen molar-refractivity contribution in [1.82, 2.24) is 4.90 Å². The zero-order valence-electron chi connectivity index (χ0n) is 27.2. The molecule has 1 aliphatic carbocycles. The second kappa shape index (κ2) is 14.0. The Bertz CT molecular complexity index is 1360. The molecule has 1 fully saturated rings. The fourth-order valence-corrected chi connectivity index (χ4v) is 5.85. The molecule has 11 heteroatoms. The number of esters is 1. The molecule has 0 unspecified atom stereocenters. The fraction of sp³-hybridized carbons (Fsp3) is 0.559. The lowest BCUT2D eigenvalue weighted by atomic mass is 10.1. The van der Waals surface area contributed by atoms with Gasteiger partial charge in [-0.25, -0.2) is 14.0 Å². The number of fused-ring (bicyclic) bond motifs is 1. The minimum atomic E-state index is -1.27. The zero-order chi connectivity index (χ0) is 32.9. The Labute approximate surface area is 264 Å². The summed E-state index contributed by atoms with van der Waals surface area (Å²) >= 11 is 0. The third-order valence-electron chi connectivity index (χ3n) is 7.68. The molecule has 2 aliphatic rings. The predicted octanol–water partition coefficient (Wildman–Crippen LogP) is 6.99. The highest BCUT2D eigenvalue weighted by atomic mass is 19.1. The van der Waals surface area contributed by atoms with E-state index >= 15 is 4.39 Å². The molecule has 1 heterocycles. The molecule has 10 nitrogen and oxygen atoms in total. The molecule has 4 rings (SSSR count). The number of hydrogen-bond acceptors (Lipinski definition) is 7. The highest BCUT2D eigenvalue weighted by Crippen LogP contribution is 2.43. The van der Waals surface area contributed by atoms with Gasteiger partial charge in [-0.05, 0) is 65.9 Å². The van der Waals surface area contributed by atoms with Crippen molar-refractivity contribution >= 4 is 29.5 Å². The first-order valence-corrected chi connectivity index (χ1v) is 15.6. The van der Waals surface area contributed by atoms with Crippen LogP contribution in [-0.2, 0) is 27.3 Å². The molecule has 0 bridgehead atoms. The second-order valence-corrected chi connectivity index (χ2v) is 13.8. The Morgan fingerprint density at radius 2 is 1.64 bits per heavy atom. The van der Waals surface area contributed by atoms with Crippen LogP contribution in [0, 0.1) is 11.7 Å². The minimum absolute atomic E-state index is 0.0253. The number of benzene rings is 2. The summed E-state index contributed by atoms with van der Waals surface area (Å²) < 4.78 is 33.5. The van der Waals surface area contributed by atoms with Gasteiger partial charge in [-0.3, -0.25) is 9.69 Å². The van der Waals surface area contributed by atoms with Crippen LogP contribution < -0.4 is 15.0 Å². The lowest BCUT2D eigenvalue weighted by molar-refractivity contribution is -0.152. The van der Waals surface area contributed by atoms with E-state index in [9.17, 15) is 19.5 Å². The van der Waals surface area contributed by atoms with Gasteiger partial charge in [0, 0.05) is 31.1 Å². The Hall–Kier alpha value is -4.02. The van der Waals surface area contributed by atoms with Gasteiger partial charge in [0.15, 0.2) is 5.82 Å². The first-order valence-electron chi connectivity index (χ1n) is 15.6. The Morgan fingerprint density at radius 1 is 1.00 bits per heavy atom. The average Bonchev–Trinajstić information content (AvgIpc) is 3.57. The van der Waals surface area contributed by atoms with E-state index in [4.69, 9.17) is 14.2 Å². The lowest BCUT2D eigenvalue weighted by Crippen LogP contribution is -2.49. The number of amides is 2. The number of halogens is 1. The highest BCUT2D eigenvalue weighted by Gasteiger charge is 2.40. The van der Waals surface area contributed by atoms with Gasteiger partial charge in [-0.2, -0.15) is 0 Å². The van der Waals surface area contributed by atoms with Crippen molar-refractivity contribution in [2.75, 3.05) is 29.9 Å². The number of hydrogen-bond donors (Lipinski definition) is 2. The third kappa shape index (κ3) is 9.25. The Kier molecular flexibility index (Phi) is 10.5. The van der Waals surface area contributed by atoms with E-state index in [2.05, 4.69) is 5.32 Å². The van der Waals surface area contributed by atoms with E-state index in [1.165, 1.54) is 6.07 Å². The SMILES string of the molecule is CC(C)(C)OC(=O)CNc1c(OCc2ccccc2)cc2c(c1F)C[C@H](CN(CC1CCCC1)C(=O)OC(C)(C)C)N2C(=O)O. The molecule has 2 aromatic carbocycles. The monoisotopic (exact) mass is 627 g/mol. The first kappa shape index (κ1) is 33.9. The molecule has 2 aromatic rings. The Balaban J connectivity index is 1.66. The van der Waals surface area contributed by atoms with Crippen LogP contribution in [0.2, 0.25) is 0 Å². The van der Waals surface area contributed by atoms with Crippen molar-refractivity contribution < 1.29 is 38.1 Å². The molecule has 246 valence electrons. The summed E-state index contributed by atoms with van der Waals surface area (Å²) in [5.41, 5.74) is -0.398. The number of ether oxygens (including phenoxy) is 3. The lowest BCUT2D eigenvalue weighted by Gasteiger charge is -2.33. The predicted molar refractivity (Wildman–Crippen MR) is 169 cm³/mol. The van der Waals surface area contributed by atoms with Gasteiger partial charge in [-0.1, -0.05) is 43.2 Å². The van der Waals surface area contributed by atoms with E-state index in [1.54, 1.807) is 46.4 Å². The standard InChI is InChI=1S/C34H46FN3O7/c1-33(2,3)44-28(39)18-36-30-27(43-21-23-14-8-7-9-15-23)17-26-25(29(30)35)16-24(38(26)31(40)41)20-37(19-22-12-10-11-13-22)32(42)45-34(4,5)6/h7-9,14-15,17,22,24,36H,10-13,16,18-21H2,1-6H3,(H,40,41)/t24-/m1/s1. The van der Waals surface area contributed by atoms with Crippen molar-refractivity contribution in [3.8, 4) is 5.75 Å². The molecule has 0 aromatic heterocycles.